The fourth-order valence-corrected chi connectivity index (χ4v) is 3.26. The molecule has 1 aromatic heterocycles. The normalized spacial score (nSPS) is 12.8. The molecular formula is C18H12Cl2N4O. The van der Waals surface area contributed by atoms with E-state index in [1.807, 2.05) is 18.2 Å². The van der Waals surface area contributed by atoms with Crippen molar-refractivity contribution in [1.82, 2.24) is 14.8 Å². The molecule has 0 bridgehead atoms. The van der Waals surface area contributed by atoms with E-state index >= 15 is 0 Å². The molecule has 5 nitrogen and oxygen atoms in total. The lowest BCUT2D eigenvalue weighted by Gasteiger charge is -2.14. The van der Waals surface area contributed by atoms with Gasteiger partial charge in [-0.25, -0.2) is 0 Å². The van der Waals surface area contributed by atoms with Crippen LogP contribution in [0, 0.1) is 6.92 Å². The van der Waals surface area contributed by atoms with E-state index in [4.69, 9.17) is 23.2 Å². The summed E-state index contributed by atoms with van der Waals surface area (Å²) in [5.41, 5.74) is 2.95. The van der Waals surface area contributed by atoms with Crippen molar-refractivity contribution in [2.24, 2.45) is 4.99 Å². The topological polar surface area (TPSA) is 60.1 Å². The number of aliphatic imine (C=N–C) groups is 1. The number of benzene rings is 2. The number of hydrogen-bond donors (Lipinski definition) is 0. The lowest BCUT2D eigenvalue weighted by atomic mass is 10.0. The van der Waals surface area contributed by atoms with Gasteiger partial charge in [0.15, 0.2) is 5.82 Å². The van der Waals surface area contributed by atoms with Crippen LogP contribution in [0.25, 0.3) is 5.69 Å². The summed E-state index contributed by atoms with van der Waals surface area (Å²) in [4.78, 5) is 17.3. The second kappa shape index (κ2) is 6.10. The first-order valence-corrected chi connectivity index (χ1v) is 8.36. The van der Waals surface area contributed by atoms with Gasteiger partial charge in [-0.3, -0.25) is 14.4 Å². The third-order valence-corrected chi connectivity index (χ3v) is 4.61. The van der Waals surface area contributed by atoms with Gasteiger partial charge in [0, 0.05) is 21.2 Å². The Hall–Kier alpha value is -2.50. The summed E-state index contributed by atoms with van der Waals surface area (Å²) in [7, 11) is 0. The molecule has 0 atom stereocenters. The molecule has 3 aromatic rings. The van der Waals surface area contributed by atoms with Crippen molar-refractivity contribution < 1.29 is 0 Å². The van der Waals surface area contributed by atoms with Crippen molar-refractivity contribution in [3.05, 3.63) is 85.5 Å². The molecule has 1 aliphatic heterocycles. The first-order valence-electron chi connectivity index (χ1n) is 7.61. The maximum Gasteiger partial charge on any atom is 0.279 e. The molecule has 124 valence electrons. The minimum atomic E-state index is -0.218. The van der Waals surface area contributed by atoms with Crippen molar-refractivity contribution in [2.45, 2.75) is 13.5 Å². The Morgan fingerprint density at radius 2 is 1.84 bits per heavy atom. The third kappa shape index (κ3) is 2.65. The van der Waals surface area contributed by atoms with Crippen molar-refractivity contribution >= 4 is 28.9 Å². The lowest BCUT2D eigenvalue weighted by Crippen LogP contribution is -2.27. The highest BCUT2D eigenvalue weighted by molar-refractivity contribution is 6.36. The SMILES string of the molecule is Cc1nnc2n(c1=O)-c1ccc(Cl)cc1C(c1ccccc1Cl)=NC2. The van der Waals surface area contributed by atoms with Crippen molar-refractivity contribution in [3.63, 3.8) is 0 Å². The Morgan fingerprint density at radius 1 is 1.04 bits per heavy atom. The van der Waals surface area contributed by atoms with Gasteiger partial charge in [0.25, 0.3) is 5.56 Å². The Morgan fingerprint density at radius 3 is 2.64 bits per heavy atom. The van der Waals surface area contributed by atoms with Crippen LogP contribution in [0.15, 0.2) is 52.3 Å². The average molecular weight is 371 g/mol. The maximum atomic E-state index is 12.7. The summed E-state index contributed by atoms with van der Waals surface area (Å²) in [5.74, 6) is 0.473. The largest absolute Gasteiger partial charge is 0.279 e. The highest BCUT2D eigenvalue weighted by atomic mass is 35.5. The quantitative estimate of drug-likeness (QED) is 0.657. The Labute approximate surface area is 153 Å². The van der Waals surface area contributed by atoms with Gasteiger partial charge < -0.3 is 0 Å². The lowest BCUT2D eigenvalue weighted by molar-refractivity contribution is 0.731. The molecule has 0 unspecified atom stereocenters. The van der Waals surface area contributed by atoms with Crippen LogP contribution in [0.4, 0.5) is 0 Å². The molecule has 7 heteroatoms. The molecule has 0 aliphatic carbocycles. The molecule has 0 N–H and O–H groups in total. The summed E-state index contributed by atoms with van der Waals surface area (Å²) in [6.07, 6.45) is 0. The number of hydrogen-bond acceptors (Lipinski definition) is 4. The molecule has 0 saturated carbocycles. The van der Waals surface area contributed by atoms with Crippen LogP contribution in [-0.4, -0.2) is 20.5 Å². The van der Waals surface area contributed by atoms with Gasteiger partial charge >= 0.3 is 0 Å². The van der Waals surface area contributed by atoms with Crippen LogP contribution in [0.5, 0.6) is 0 Å². The van der Waals surface area contributed by atoms with E-state index in [0.717, 1.165) is 11.1 Å². The van der Waals surface area contributed by atoms with E-state index in [9.17, 15) is 4.79 Å². The monoisotopic (exact) mass is 370 g/mol. The van der Waals surface area contributed by atoms with Gasteiger partial charge in [0.2, 0.25) is 0 Å². The smallest absolute Gasteiger partial charge is 0.276 e. The number of fused-ring (bicyclic) bond motifs is 3. The summed E-state index contributed by atoms with van der Waals surface area (Å²) < 4.78 is 1.54. The van der Waals surface area contributed by atoms with Crippen LogP contribution >= 0.6 is 23.2 Å². The van der Waals surface area contributed by atoms with E-state index < -0.39 is 0 Å². The number of rotatable bonds is 1. The molecule has 1 aliphatic rings. The first kappa shape index (κ1) is 16.0. The van der Waals surface area contributed by atoms with Gasteiger partial charge in [-0.15, -0.1) is 10.2 Å². The second-order valence-electron chi connectivity index (χ2n) is 5.65. The van der Waals surface area contributed by atoms with Crippen LogP contribution in [0.1, 0.15) is 22.6 Å². The van der Waals surface area contributed by atoms with E-state index in [2.05, 4.69) is 15.2 Å². The molecular weight excluding hydrogens is 359 g/mol. The second-order valence-corrected chi connectivity index (χ2v) is 6.49. The van der Waals surface area contributed by atoms with Crippen molar-refractivity contribution in [1.29, 1.82) is 0 Å². The molecule has 0 saturated heterocycles. The Balaban J connectivity index is 2.07. The number of nitrogens with zero attached hydrogens (tertiary/aromatic N) is 4. The van der Waals surface area contributed by atoms with Crippen LogP contribution in [0.2, 0.25) is 10.0 Å². The summed E-state index contributed by atoms with van der Waals surface area (Å²) in [6, 6.07) is 12.8. The van der Waals surface area contributed by atoms with E-state index in [-0.39, 0.29) is 12.1 Å². The standard InChI is InChI=1S/C18H12Cl2N4O/c1-10-18(25)24-15-7-6-11(19)8-13(15)17(21-9-16(24)23-22-10)12-4-2-3-5-14(12)20/h2-8H,9H2,1H3. The minimum absolute atomic E-state index is 0.218. The maximum absolute atomic E-state index is 12.7. The molecule has 25 heavy (non-hydrogen) atoms. The summed E-state index contributed by atoms with van der Waals surface area (Å²) >= 11 is 12.6. The van der Waals surface area contributed by atoms with Gasteiger partial charge in [-0.2, -0.15) is 0 Å². The third-order valence-electron chi connectivity index (χ3n) is 4.05. The highest BCUT2D eigenvalue weighted by Gasteiger charge is 2.23. The molecule has 0 amide bonds. The average Bonchev–Trinajstić information content (AvgIpc) is 2.76. The van der Waals surface area contributed by atoms with Gasteiger partial charge in [-0.05, 0) is 31.2 Å². The molecule has 4 rings (SSSR count). The summed E-state index contributed by atoms with van der Waals surface area (Å²) in [5, 5.41) is 9.21. The number of aromatic nitrogens is 3. The highest BCUT2D eigenvalue weighted by Crippen LogP contribution is 2.28. The molecule has 0 radical (unpaired) electrons. The predicted octanol–water partition coefficient (Wildman–Crippen LogP) is 3.59. The minimum Gasteiger partial charge on any atom is -0.276 e. The number of halogens is 2. The first-order chi connectivity index (χ1) is 12.1. The predicted molar refractivity (Wildman–Crippen MR) is 98.2 cm³/mol. The van der Waals surface area contributed by atoms with Gasteiger partial charge in [-0.1, -0.05) is 41.4 Å². The van der Waals surface area contributed by atoms with Crippen molar-refractivity contribution in [3.8, 4) is 5.69 Å². The Kier molecular flexibility index (Phi) is 3.90. The Bertz CT molecular complexity index is 1090. The fraction of sp³-hybridized carbons (Fsp3) is 0.111. The van der Waals surface area contributed by atoms with E-state index in [1.165, 1.54) is 0 Å². The van der Waals surface area contributed by atoms with Crippen molar-refractivity contribution in [2.75, 3.05) is 0 Å². The van der Waals surface area contributed by atoms with Gasteiger partial charge in [0.05, 0.1) is 11.4 Å². The van der Waals surface area contributed by atoms with E-state index in [0.29, 0.717) is 33.0 Å². The molecule has 0 spiro atoms. The van der Waals surface area contributed by atoms with Crippen LogP contribution < -0.4 is 5.56 Å². The zero-order valence-corrected chi connectivity index (χ0v) is 14.7. The zero-order valence-electron chi connectivity index (χ0n) is 13.2. The van der Waals surface area contributed by atoms with E-state index in [1.54, 1.807) is 35.8 Å². The number of aryl methyl sites for hydroxylation is 1. The van der Waals surface area contributed by atoms with Crippen LogP contribution in [0.3, 0.4) is 0 Å². The molecule has 0 fully saturated rings. The molecule has 2 heterocycles. The van der Waals surface area contributed by atoms with Gasteiger partial charge in [0.1, 0.15) is 12.2 Å². The summed E-state index contributed by atoms with van der Waals surface area (Å²) in [6.45, 7) is 1.86. The van der Waals surface area contributed by atoms with Crippen LogP contribution in [-0.2, 0) is 6.54 Å². The fourth-order valence-electron chi connectivity index (χ4n) is 2.86. The molecule has 2 aromatic carbocycles. The zero-order chi connectivity index (χ0) is 17.6.